The molecule has 0 bridgehead atoms. The second-order valence-electron chi connectivity index (χ2n) is 6.63. The van der Waals surface area contributed by atoms with Gasteiger partial charge in [0, 0.05) is 12.1 Å². The van der Waals surface area contributed by atoms with Crippen molar-refractivity contribution in [1.29, 1.82) is 0 Å². The van der Waals surface area contributed by atoms with Crippen molar-refractivity contribution < 1.29 is 4.79 Å². The standard InChI is InChI=1S/C15H28N2O/c1-9-7-8-13(11(9)3)17-15(18)14-10(2)5-4-6-12(14)16/h9-14H,4-8,16H2,1-3H3,(H,17,18). The van der Waals surface area contributed by atoms with Gasteiger partial charge in [0.1, 0.15) is 0 Å². The van der Waals surface area contributed by atoms with E-state index in [1.807, 2.05) is 0 Å². The summed E-state index contributed by atoms with van der Waals surface area (Å²) in [6, 6.07) is 0.428. The van der Waals surface area contributed by atoms with Crippen molar-refractivity contribution in [2.24, 2.45) is 29.4 Å². The van der Waals surface area contributed by atoms with Crippen LogP contribution >= 0.6 is 0 Å². The molecular weight excluding hydrogens is 224 g/mol. The average Bonchev–Trinajstić information content (AvgIpc) is 2.61. The minimum atomic E-state index is 0.0295. The number of amides is 1. The molecule has 0 spiro atoms. The Morgan fingerprint density at radius 3 is 2.33 bits per heavy atom. The summed E-state index contributed by atoms with van der Waals surface area (Å²) < 4.78 is 0. The Morgan fingerprint density at radius 2 is 1.78 bits per heavy atom. The van der Waals surface area contributed by atoms with Crippen LogP contribution in [0.4, 0.5) is 0 Å². The first-order valence-corrected chi connectivity index (χ1v) is 7.56. The summed E-state index contributed by atoms with van der Waals surface area (Å²) in [6.45, 7) is 6.71. The summed E-state index contributed by atoms with van der Waals surface area (Å²) in [5.41, 5.74) is 6.15. The quantitative estimate of drug-likeness (QED) is 0.792. The molecule has 2 fully saturated rings. The van der Waals surface area contributed by atoms with Crippen LogP contribution in [0.1, 0.15) is 52.9 Å². The first-order valence-electron chi connectivity index (χ1n) is 7.56. The molecule has 6 unspecified atom stereocenters. The van der Waals surface area contributed by atoms with E-state index in [4.69, 9.17) is 5.73 Å². The summed E-state index contributed by atoms with van der Waals surface area (Å²) in [7, 11) is 0. The second kappa shape index (κ2) is 5.60. The van der Waals surface area contributed by atoms with Crippen molar-refractivity contribution in [3.63, 3.8) is 0 Å². The van der Waals surface area contributed by atoms with Crippen LogP contribution in [0.25, 0.3) is 0 Å². The predicted molar refractivity (Wildman–Crippen MR) is 74.0 cm³/mol. The molecule has 2 rings (SSSR count). The molecule has 0 aromatic rings. The van der Waals surface area contributed by atoms with E-state index < -0.39 is 0 Å². The fourth-order valence-corrected chi connectivity index (χ4v) is 3.76. The number of hydrogen-bond acceptors (Lipinski definition) is 2. The molecule has 2 aliphatic rings. The molecule has 0 saturated heterocycles. The van der Waals surface area contributed by atoms with Crippen molar-refractivity contribution in [3.8, 4) is 0 Å². The first-order chi connectivity index (χ1) is 8.50. The molecule has 0 radical (unpaired) electrons. The van der Waals surface area contributed by atoms with E-state index >= 15 is 0 Å². The van der Waals surface area contributed by atoms with Crippen molar-refractivity contribution in [2.45, 2.75) is 65.0 Å². The zero-order valence-electron chi connectivity index (χ0n) is 12.0. The Morgan fingerprint density at radius 1 is 1.06 bits per heavy atom. The lowest BCUT2D eigenvalue weighted by Crippen LogP contribution is -2.50. The third kappa shape index (κ3) is 2.71. The van der Waals surface area contributed by atoms with Crippen molar-refractivity contribution in [2.75, 3.05) is 0 Å². The molecule has 104 valence electrons. The van der Waals surface area contributed by atoms with Gasteiger partial charge < -0.3 is 11.1 Å². The first kappa shape index (κ1) is 13.9. The highest BCUT2D eigenvalue weighted by Crippen LogP contribution is 2.33. The molecule has 0 aromatic carbocycles. The van der Waals surface area contributed by atoms with Crippen LogP contribution in [-0.4, -0.2) is 18.0 Å². The monoisotopic (exact) mass is 252 g/mol. The smallest absolute Gasteiger partial charge is 0.225 e. The van der Waals surface area contributed by atoms with Crippen LogP contribution in [0.5, 0.6) is 0 Å². The number of hydrogen-bond donors (Lipinski definition) is 2. The van der Waals surface area contributed by atoms with Crippen LogP contribution < -0.4 is 11.1 Å². The van der Waals surface area contributed by atoms with E-state index in [-0.39, 0.29) is 17.9 Å². The minimum absolute atomic E-state index is 0.0295. The van der Waals surface area contributed by atoms with Crippen molar-refractivity contribution in [1.82, 2.24) is 5.32 Å². The number of rotatable bonds is 2. The molecule has 0 heterocycles. The molecule has 6 atom stereocenters. The largest absolute Gasteiger partial charge is 0.353 e. The van der Waals surface area contributed by atoms with E-state index in [0.717, 1.165) is 25.2 Å². The van der Waals surface area contributed by atoms with Gasteiger partial charge in [-0.1, -0.05) is 27.2 Å². The third-order valence-corrected chi connectivity index (χ3v) is 5.37. The Balaban J connectivity index is 1.94. The molecule has 1 amide bonds. The number of carbonyl (C=O) groups excluding carboxylic acids is 1. The highest BCUT2D eigenvalue weighted by Gasteiger charge is 2.37. The van der Waals surface area contributed by atoms with E-state index in [0.29, 0.717) is 17.9 Å². The Labute approximate surface area is 111 Å². The van der Waals surface area contributed by atoms with Gasteiger partial charge in [-0.25, -0.2) is 0 Å². The molecule has 3 N–H and O–H groups in total. The van der Waals surface area contributed by atoms with Crippen LogP contribution in [0, 0.1) is 23.7 Å². The summed E-state index contributed by atoms with van der Waals surface area (Å²) in [5.74, 6) is 2.00. The van der Waals surface area contributed by atoms with E-state index in [2.05, 4.69) is 26.1 Å². The van der Waals surface area contributed by atoms with Gasteiger partial charge in [0.05, 0.1) is 5.92 Å². The normalized spacial score (nSPS) is 44.9. The van der Waals surface area contributed by atoms with Crippen LogP contribution in [0.15, 0.2) is 0 Å². The molecular formula is C15H28N2O. The Hall–Kier alpha value is -0.570. The predicted octanol–water partition coefficient (Wildman–Crippen LogP) is 2.30. The van der Waals surface area contributed by atoms with Gasteiger partial charge in [0.15, 0.2) is 0 Å². The maximum atomic E-state index is 12.4. The topological polar surface area (TPSA) is 55.1 Å². The molecule has 18 heavy (non-hydrogen) atoms. The van der Waals surface area contributed by atoms with Gasteiger partial charge in [0.25, 0.3) is 0 Å². The number of carbonyl (C=O) groups is 1. The lowest BCUT2D eigenvalue weighted by Gasteiger charge is -2.34. The number of nitrogens with two attached hydrogens (primary N) is 1. The van der Waals surface area contributed by atoms with Gasteiger partial charge in [-0.3, -0.25) is 4.79 Å². The minimum Gasteiger partial charge on any atom is -0.353 e. The van der Waals surface area contributed by atoms with Gasteiger partial charge in [0.2, 0.25) is 5.91 Å². The zero-order valence-corrected chi connectivity index (χ0v) is 12.0. The second-order valence-corrected chi connectivity index (χ2v) is 6.63. The highest BCUT2D eigenvalue weighted by molar-refractivity contribution is 5.80. The Kier molecular flexibility index (Phi) is 4.31. The summed E-state index contributed by atoms with van der Waals surface area (Å²) >= 11 is 0. The maximum absolute atomic E-state index is 12.4. The average molecular weight is 252 g/mol. The Bertz CT molecular complexity index is 295. The summed E-state index contributed by atoms with van der Waals surface area (Å²) in [4.78, 5) is 12.4. The van der Waals surface area contributed by atoms with Crippen LogP contribution in [0.3, 0.4) is 0 Å². The third-order valence-electron chi connectivity index (χ3n) is 5.37. The van der Waals surface area contributed by atoms with Gasteiger partial charge >= 0.3 is 0 Å². The van der Waals surface area contributed by atoms with E-state index in [1.165, 1.54) is 12.8 Å². The van der Waals surface area contributed by atoms with Crippen LogP contribution in [0.2, 0.25) is 0 Å². The number of nitrogens with one attached hydrogen (secondary N) is 1. The van der Waals surface area contributed by atoms with Crippen LogP contribution in [-0.2, 0) is 4.79 Å². The summed E-state index contributed by atoms with van der Waals surface area (Å²) in [5, 5.41) is 3.27. The molecule has 2 aliphatic carbocycles. The van der Waals surface area contributed by atoms with E-state index in [9.17, 15) is 4.79 Å². The maximum Gasteiger partial charge on any atom is 0.225 e. The van der Waals surface area contributed by atoms with Gasteiger partial charge in [-0.15, -0.1) is 0 Å². The summed E-state index contributed by atoms with van der Waals surface area (Å²) in [6.07, 6.45) is 5.67. The van der Waals surface area contributed by atoms with E-state index in [1.54, 1.807) is 0 Å². The SMILES string of the molecule is CC1CCC(NC(=O)C2C(C)CCCC2N)C1C. The van der Waals surface area contributed by atoms with Gasteiger partial charge in [-0.2, -0.15) is 0 Å². The molecule has 0 aliphatic heterocycles. The molecule has 0 aromatic heterocycles. The van der Waals surface area contributed by atoms with Gasteiger partial charge in [-0.05, 0) is 43.4 Å². The lowest BCUT2D eigenvalue weighted by molar-refractivity contribution is -0.129. The highest BCUT2D eigenvalue weighted by atomic mass is 16.2. The fourth-order valence-electron chi connectivity index (χ4n) is 3.76. The zero-order chi connectivity index (χ0) is 13.3. The molecule has 3 nitrogen and oxygen atoms in total. The van der Waals surface area contributed by atoms with Crippen molar-refractivity contribution >= 4 is 5.91 Å². The fraction of sp³-hybridized carbons (Fsp3) is 0.933. The molecule has 3 heteroatoms. The lowest BCUT2D eigenvalue weighted by atomic mass is 9.76. The van der Waals surface area contributed by atoms with Crippen molar-refractivity contribution in [3.05, 3.63) is 0 Å². The molecule has 2 saturated carbocycles.